The molecule has 0 unspecified atom stereocenters. The average molecular weight is 299 g/mol. The van der Waals surface area contributed by atoms with E-state index in [0.717, 1.165) is 5.75 Å². The maximum atomic E-state index is 11.8. The smallest absolute Gasteiger partial charge is 0.228 e. The molecule has 0 spiro atoms. The van der Waals surface area contributed by atoms with E-state index in [0.29, 0.717) is 16.4 Å². The molecule has 0 aliphatic carbocycles. The van der Waals surface area contributed by atoms with Crippen molar-refractivity contribution >= 4 is 45.8 Å². The molecule has 19 heavy (non-hydrogen) atoms. The monoisotopic (exact) mass is 299 g/mol. The Morgan fingerprint density at radius 3 is 2.42 bits per heavy atom. The number of thiocarbonyl (C=S) groups is 1. The highest BCUT2D eigenvalue weighted by Crippen LogP contribution is 2.19. The summed E-state index contributed by atoms with van der Waals surface area (Å²) < 4.78 is 0.593. The largest absolute Gasteiger partial charge is 0.300 e. The Kier molecular flexibility index (Phi) is 6.37. The van der Waals surface area contributed by atoms with E-state index in [9.17, 15) is 14.4 Å². The van der Waals surface area contributed by atoms with Crippen molar-refractivity contribution in [1.29, 1.82) is 0 Å². The minimum Gasteiger partial charge on any atom is -0.300 e. The zero-order valence-electron chi connectivity index (χ0n) is 10.9. The first-order valence-electron chi connectivity index (χ1n) is 6.09. The van der Waals surface area contributed by atoms with Crippen molar-refractivity contribution in [3.63, 3.8) is 0 Å². The number of amides is 1. The maximum absolute atomic E-state index is 11.8. The maximum Gasteiger partial charge on any atom is 0.228 e. The fourth-order valence-electron chi connectivity index (χ4n) is 1.59. The standard InChI is InChI=1S/C13H17NO3S2/c1-9(2)11(16)5-3-10(15)4-6-12(17)14-7-8-19-13(14)18/h1,3-8H2,2H3. The third kappa shape index (κ3) is 5.24. The van der Waals surface area contributed by atoms with Gasteiger partial charge in [0.25, 0.3) is 0 Å². The van der Waals surface area contributed by atoms with Gasteiger partial charge in [0, 0.05) is 38.0 Å². The summed E-state index contributed by atoms with van der Waals surface area (Å²) in [7, 11) is 0. The number of hydrogen-bond donors (Lipinski definition) is 0. The van der Waals surface area contributed by atoms with E-state index in [2.05, 4.69) is 6.58 Å². The highest BCUT2D eigenvalue weighted by Gasteiger charge is 2.24. The number of hydrogen-bond acceptors (Lipinski definition) is 5. The molecule has 0 aromatic rings. The van der Waals surface area contributed by atoms with Crippen molar-refractivity contribution in [2.75, 3.05) is 12.3 Å². The fraction of sp³-hybridized carbons (Fsp3) is 0.538. The minimum atomic E-state index is -0.102. The SMILES string of the molecule is C=C(C)C(=O)CCC(=O)CCC(=O)N1CCSC1=S. The van der Waals surface area contributed by atoms with E-state index in [1.807, 2.05) is 0 Å². The van der Waals surface area contributed by atoms with Crippen LogP contribution in [0.2, 0.25) is 0 Å². The molecule has 1 saturated heterocycles. The quantitative estimate of drug-likeness (QED) is 0.532. The second-order valence-electron chi connectivity index (χ2n) is 4.40. The molecule has 6 heteroatoms. The third-order valence-corrected chi connectivity index (χ3v) is 4.21. The Labute approximate surface area is 122 Å². The number of ketones is 2. The van der Waals surface area contributed by atoms with E-state index >= 15 is 0 Å². The molecule has 1 heterocycles. The highest BCUT2D eigenvalue weighted by atomic mass is 32.2. The first kappa shape index (κ1) is 16.0. The second-order valence-corrected chi connectivity index (χ2v) is 6.13. The van der Waals surface area contributed by atoms with E-state index in [-0.39, 0.29) is 43.2 Å². The molecular formula is C13H17NO3S2. The van der Waals surface area contributed by atoms with Crippen LogP contribution in [0.25, 0.3) is 0 Å². The van der Waals surface area contributed by atoms with Crippen LogP contribution in [-0.4, -0.2) is 39.0 Å². The van der Waals surface area contributed by atoms with Gasteiger partial charge in [-0.2, -0.15) is 0 Å². The number of carbonyl (C=O) groups excluding carboxylic acids is 3. The van der Waals surface area contributed by atoms with Gasteiger partial charge in [-0.05, 0) is 12.5 Å². The van der Waals surface area contributed by atoms with Crippen molar-refractivity contribution < 1.29 is 14.4 Å². The van der Waals surface area contributed by atoms with E-state index < -0.39 is 0 Å². The number of rotatable bonds is 7. The van der Waals surface area contributed by atoms with Gasteiger partial charge in [0.05, 0.1) is 0 Å². The van der Waals surface area contributed by atoms with Gasteiger partial charge < -0.3 is 0 Å². The molecule has 1 aliphatic heterocycles. The summed E-state index contributed by atoms with van der Waals surface area (Å²) in [6, 6.07) is 0. The molecule has 1 amide bonds. The lowest BCUT2D eigenvalue weighted by atomic mass is 10.1. The van der Waals surface area contributed by atoms with Crippen LogP contribution in [-0.2, 0) is 14.4 Å². The summed E-state index contributed by atoms with van der Waals surface area (Å²) in [5.74, 6) is 0.554. The molecule has 0 radical (unpaired) electrons. The van der Waals surface area contributed by atoms with Crippen LogP contribution in [0.1, 0.15) is 32.6 Å². The number of allylic oxidation sites excluding steroid dienone is 1. The fourth-order valence-corrected chi connectivity index (χ4v) is 2.83. The van der Waals surface area contributed by atoms with Crippen LogP contribution in [0.5, 0.6) is 0 Å². The molecule has 4 nitrogen and oxygen atoms in total. The first-order chi connectivity index (χ1) is 8.91. The Balaban J connectivity index is 2.26. The molecular weight excluding hydrogens is 282 g/mol. The summed E-state index contributed by atoms with van der Waals surface area (Å²) in [4.78, 5) is 36.2. The summed E-state index contributed by atoms with van der Waals surface area (Å²) in [6.45, 7) is 5.79. The lowest BCUT2D eigenvalue weighted by Gasteiger charge is -2.13. The summed E-state index contributed by atoms with van der Waals surface area (Å²) in [5.41, 5.74) is 0.461. The molecule has 104 valence electrons. The Morgan fingerprint density at radius 1 is 1.26 bits per heavy atom. The van der Waals surface area contributed by atoms with Crippen molar-refractivity contribution in [1.82, 2.24) is 4.90 Å². The van der Waals surface area contributed by atoms with Gasteiger partial charge in [-0.25, -0.2) is 0 Å². The predicted molar refractivity (Wildman–Crippen MR) is 80.1 cm³/mol. The van der Waals surface area contributed by atoms with Crippen LogP contribution >= 0.6 is 24.0 Å². The zero-order valence-corrected chi connectivity index (χ0v) is 12.6. The Morgan fingerprint density at radius 2 is 1.89 bits per heavy atom. The summed E-state index contributed by atoms with van der Waals surface area (Å²) in [5, 5.41) is 0. The molecule has 0 atom stereocenters. The molecule has 1 fully saturated rings. The molecule has 1 aliphatic rings. The van der Waals surface area contributed by atoms with Crippen molar-refractivity contribution in [3.8, 4) is 0 Å². The van der Waals surface area contributed by atoms with Crippen molar-refractivity contribution in [3.05, 3.63) is 12.2 Å². The van der Waals surface area contributed by atoms with E-state index in [1.54, 1.807) is 11.8 Å². The van der Waals surface area contributed by atoms with Crippen LogP contribution in [0.3, 0.4) is 0 Å². The molecule has 0 aromatic heterocycles. The molecule has 0 aromatic carbocycles. The number of thioether (sulfide) groups is 1. The van der Waals surface area contributed by atoms with Gasteiger partial charge in [-0.3, -0.25) is 19.3 Å². The summed E-state index contributed by atoms with van der Waals surface area (Å²) >= 11 is 6.52. The van der Waals surface area contributed by atoms with E-state index in [1.165, 1.54) is 11.8 Å². The number of carbonyl (C=O) groups is 3. The normalized spacial score (nSPS) is 14.6. The second kappa shape index (κ2) is 7.55. The van der Waals surface area contributed by atoms with Crippen LogP contribution in [0, 0.1) is 0 Å². The predicted octanol–water partition coefficient (Wildman–Crippen LogP) is 2.12. The lowest BCUT2D eigenvalue weighted by Crippen LogP contribution is -2.30. The van der Waals surface area contributed by atoms with Crippen LogP contribution in [0.4, 0.5) is 0 Å². The molecule has 1 rings (SSSR count). The van der Waals surface area contributed by atoms with Crippen LogP contribution < -0.4 is 0 Å². The van der Waals surface area contributed by atoms with Gasteiger partial charge in [0.2, 0.25) is 5.91 Å². The number of nitrogens with zero attached hydrogens (tertiary/aromatic N) is 1. The Hall–Kier alpha value is -1.01. The average Bonchev–Trinajstić information content (AvgIpc) is 2.79. The minimum absolute atomic E-state index is 0.0688. The lowest BCUT2D eigenvalue weighted by molar-refractivity contribution is -0.129. The van der Waals surface area contributed by atoms with Gasteiger partial charge in [-0.1, -0.05) is 30.6 Å². The van der Waals surface area contributed by atoms with Crippen molar-refractivity contribution in [2.45, 2.75) is 32.6 Å². The van der Waals surface area contributed by atoms with Crippen LogP contribution in [0.15, 0.2) is 12.2 Å². The summed E-state index contributed by atoms with van der Waals surface area (Å²) in [6.07, 6.45) is 0.700. The highest BCUT2D eigenvalue weighted by molar-refractivity contribution is 8.23. The van der Waals surface area contributed by atoms with E-state index in [4.69, 9.17) is 12.2 Å². The molecule has 0 saturated carbocycles. The van der Waals surface area contributed by atoms with Gasteiger partial charge in [0.15, 0.2) is 5.78 Å². The molecule has 0 bridgehead atoms. The number of Topliss-reactive ketones (excluding diaryl/α,β-unsaturated/α-hetero) is 2. The van der Waals surface area contributed by atoms with Gasteiger partial charge in [-0.15, -0.1) is 0 Å². The zero-order chi connectivity index (χ0) is 14.4. The first-order valence-corrected chi connectivity index (χ1v) is 7.48. The topological polar surface area (TPSA) is 54.5 Å². The third-order valence-electron chi connectivity index (χ3n) is 2.79. The van der Waals surface area contributed by atoms with Gasteiger partial charge >= 0.3 is 0 Å². The van der Waals surface area contributed by atoms with Gasteiger partial charge in [0.1, 0.15) is 10.1 Å². The van der Waals surface area contributed by atoms with Crippen molar-refractivity contribution in [2.24, 2.45) is 0 Å². The molecule has 0 N–H and O–H groups in total. The Bertz CT molecular complexity index is 432.